The molecular formula is C87H146O17P2. The average Bonchev–Trinajstić information content (AvgIpc) is 0.901. The Hall–Kier alpha value is -5.06. The van der Waals surface area contributed by atoms with E-state index in [1.54, 1.807) is 0 Å². The summed E-state index contributed by atoms with van der Waals surface area (Å²) in [7, 11) is -9.99. The van der Waals surface area contributed by atoms with Crippen molar-refractivity contribution >= 4 is 39.5 Å². The van der Waals surface area contributed by atoms with E-state index in [-0.39, 0.29) is 25.7 Å². The summed E-state index contributed by atoms with van der Waals surface area (Å²) in [6, 6.07) is 0. The Morgan fingerprint density at radius 2 is 0.500 bits per heavy atom. The van der Waals surface area contributed by atoms with Gasteiger partial charge in [0.15, 0.2) is 12.2 Å². The molecule has 0 saturated carbocycles. The van der Waals surface area contributed by atoms with Crippen LogP contribution in [0.5, 0.6) is 0 Å². The van der Waals surface area contributed by atoms with Crippen molar-refractivity contribution in [2.75, 3.05) is 39.6 Å². The first kappa shape index (κ1) is 101. The molecule has 0 radical (unpaired) electrons. The van der Waals surface area contributed by atoms with Crippen LogP contribution in [0.15, 0.2) is 146 Å². The molecule has 606 valence electrons. The van der Waals surface area contributed by atoms with E-state index in [2.05, 4.69) is 161 Å². The largest absolute Gasteiger partial charge is 0.472 e. The fourth-order valence-electron chi connectivity index (χ4n) is 10.7. The van der Waals surface area contributed by atoms with Crippen molar-refractivity contribution in [1.82, 2.24) is 0 Å². The second kappa shape index (κ2) is 78.1. The zero-order chi connectivity index (χ0) is 77.4. The van der Waals surface area contributed by atoms with Gasteiger partial charge in [-0.25, -0.2) is 9.13 Å². The molecule has 5 atom stereocenters. The SMILES string of the molecule is CC/C=C\C/C=C\C/C=C\C/C=C\C/C=C\CCCC(=O)OCC(COP(=O)(O)OCC(O)COP(=O)(O)OCC(COC(=O)CCCCCC/C=C\C/C=C\C/C=C\C/C=C\CC)OC(=O)CCCCCCCCC/C=C\C/C=C\C/C=C\CC)OC(=O)CCCCCCCCCCCCCCCCC. The number of aliphatic hydroxyl groups is 1. The summed E-state index contributed by atoms with van der Waals surface area (Å²) in [6.07, 6.45) is 89.6. The number of unbranched alkanes of at least 4 members (excludes halogenated alkanes) is 26. The summed E-state index contributed by atoms with van der Waals surface area (Å²) >= 11 is 0. The lowest BCUT2D eigenvalue weighted by Gasteiger charge is -2.21. The number of phosphoric ester groups is 2. The molecule has 0 bridgehead atoms. The molecule has 0 aliphatic heterocycles. The van der Waals surface area contributed by atoms with Crippen LogP contribution in [0.1, 0.15) is 323 Å². The van der Waals surface area contributed by atoms with Crippen molar-refractivity contribution in [3.05, 3.63) is 146 Å². The van der Waals surface area contributed by atoms with Gasteiger partial charge in [-0.3, -0.25) is 37.3 Å². The van der Waals surface area contributed by atoms with Crippen LogP contribution < -0.4 is 0 Å². The second-order valence-electron chi connectivity index (χ2n) is 26.9. The molecular weight excluding hydrogens is 1380 g/mol. The van der Waals surface area contributed by atoms with Crippen LogP contribution in [-0.2, 0) is 65.4 Å². The Morgan fingerprint density at radius 3 is 0.792 bits per heavy atom. The highest BCUT2D eigenvalue weighted by Gasteiger charge is 2.30. The molecule has 3 N–H and O–H groups in total. The quantitative estimate of drug-likeness (QED) is 0.0169. The van der Waals surface area contributed by atoms with Crippen molar-refractivity contribution in [3.63, 3.8) is 0 Å². The smallest absolute Gasteiger partial charge is 0.462 e. The number of allylic oxidation sites excluding steroid dienone is 24. The van der Waals surface area contributed by atoms with Crippen molar-refractivity contribution in [2.45, 2.75) is 341 Å². The van der Waals surface area contributed by atoms with E-state index in [1.807, 2.05) is 12.2 Å². The number of rotatable bonds is 76. The van der Waals surface area contributed by atoms with Gasteiger partial charge in [0.2, 0.25) is 0 Å². The molecule has 0 aromatic rings. The Bertz CT molecular complexity index is 2580. The lowest BCUT2D eigenvalue weighted by molar-refractivity contribution is -0.161. The molecule has 0 aromatic carbocycles. The minimum absolute atomic E-state index is 0.0731. The topological polar surface area (TPSA) is 237 Å². The van der Waals surface area contributed by atoms with Gasteiger partial charge >= 0.3 is 39.5 Å². The first-order chi connectivity index (χ1) is 51.7. The van der Waals surface area contributed by atoms with Gasteiger partial charge in [0.25, 0.3) is 0 Å². The zero-order valence-corrected chi connectivity index (χ0v) is 68.1. The molecule has 0 rings (SSSR count). The fourth-order valence-corrected chi connectivity index (χ4v) is 12.3. The van der Waals surface area contributed by atoms with E-state index in [0.717, 1.165) is 173 Å². The van der Waals surface area contributed by atoms with Crippen molar-refractivity contribution in [1.29, 1.82) is 0 Å². The summed E-state index contributed by atoms with van der Waals surface area (Å²) in [5, 5.41) is 10.7. The van der Waals surface area contributed by atoms with Crippen LogP contribution in [0.4, 0.5) is 0 Å². The molecule has 17 nitrogen and oxygen atoms in total. The minimum Gasteiger partial charge on any atom is -0.462 e. The number of aliphatic hydroxyl groups excluding tert-OH is 1. The number of hydrogen-bond donors (Lipinski definition) is 3. The van der Waals surface area contributed by atoms with Gasteiger partial charge in [-0.15, -0.1) is 0 Å². The molecule has 19 heteroatoms. The van der Waals surface area contributed by atoms with Gasteiger partial charge in [-0.1, -0.05) is 308 Å². The molecule has 106 heavy (non-hydrogen) atoms. The average molecular weight is 1530 g/mol. The molecule has 5 unspecified atom stereocenters. The Balaban J connectivity index is 5.45. The monoisotopic (exact) mass is 1530 g/mol. The third kappa shape index (κ3) is 77.1. The number of carbonyl (C=O) groups excluding carboxylic acids is 4. The number of ether oxygens (including phenoxy) is 4. The van der Waals surface area contributed by atoms with Gasteiger partial charge in [0.1, 0.15) is 19.3 Å². The van der Waals surface area contributed by atoms with E-state index in [1.165, 1.54) is 64.2 Å². The molecule has 0 heterocycles. The lowest BCUT2D eigenvalue weighted by Crippen LogP contribution is -2.30. The molecule has 0 aliphatic rings. The lowest BCUT2D eigenvalue weighted by atomic mass is 10.0. The highest BCUT2D eigenvalue weighted by atomic mass is 31.2. The number of carbonyl (C=O) groups is 4. The predicted molar refractivity (Wildman–Crippen MR) is 436 cm³/mol. The summed E-state index contributed by atoms with van der Waals surface area (Å²) in [5.41, 5.74) is 0. The van der Waals surface area contributed by atoms with Crippen molar-refractivity contribution < 1.29 is 80.2 Å². The molecule has 0 fully saturated rings. The van der Waals surface area contributed by atoms with Gasteiger partial charge in [0, 0.05) is 25.7 Å². The van der Waals surface area contributed by atoms with Gasteiger partial charge in [-0.2, -0.15) is 0 Å². The van der Waals surface area contributed by atoms with Gasteiger partial charge < -0.3 is 33.8 Å². The third-order valence-electron chi connectivity index (χ3n) is 16.8. The maximum Gasteiger partial charge on any atom is 0.472 e. The van der Waals surface area contributed by atoms with Crippen LogP contribution in [0.2, 0.25) is 0 Å². The molecule has 0 spiro atoms. The number of hydrogen-bond acceptors (Lipinski definition) is 15. The van der Waals surface area contributed by atoms with Crippen molar-refractivity contribution in [3.8, 4) is 0 Å². The number of phosphoric acid groups is 2. The van der Waals surface area contributed by atoms with E-state index in [0.29, 0.717) is 32.1 Å². The first-order valence-electron chi connectivity index (χ1n) is 41.1. The van der Waals surface area contributed by atoms with Crippen LogP contribution >= 0.6 is 15.6 Å². The first-order valence-corrected chi connectivity index (χ1v) is 44.1. The molecule has 0 aliphatic carbocycles. The standard InChI is InChI=1S/C87H146O17P2/c1-5-9-13-17-21-25-29-33-37-40-44-47-51-55-59-63-67-71-84(89)97-77-82(103-86(91)73-69-65-61-57-53-49-43-36-32-28-24-20-16-12-8-4)79-101-105(93,94)99-75-81(88)76-100-106(95,96)102-80-83(104-87(92)74-70-66-62-58-54-50-46-42-39-35-31-27-23-19-15-11-7-3)78-98-85(90)72-68-64-60-56-52-48-45-41-38-34-30-26-22-18-14-10-6-2/h9-11,13-15,21-23,25-27,33-35,37-39,44-45,47-48,55,59,81-83,88H,5-8,12,16-20,24,28-32,36,40-43,46,49-54,56-58,60-80H2,1-4H3,(H,93,94)(H,95,96)/b13-9-,14-10-,15-11-,25-21-,26-22-,27-23-,37-33-,38-34-,39-35-,47-44-,48-45-,59-55-. The minimum atomic E-state index is -5.00. The van der Waals surface area contributed by atoms with Gasteiger partial charge in [-0.05, 0) is 135 Å². The van der Waals surface area contributed by atoms with E-state index >= 15 is 0 Å². The maximum absolute atomic E-state index is 13.1. The molecule has 0 aromatic heterocycles. The third-order valence-corrected chi connectivity index (χ3v) is 18.7. The van der Waals surface area contributed by atoms with E-state index < -0.39 is 97.5 Å². The maximum atomic E-state index is 13.1. The van der Waals surface area contributed by atoms with Crippen LogP contribution in [0, 0.1) is 0 Å². The van der Waals surface area contributed by atoms with E-state index in [9.17, 15) is 43.2 Å². The summed E-state index contributed by atoms with van der Waals surface area (Å²) in [6.45, 7) is 4.46. The Kier molecular flexibility index (Phi) is 74.3. The normalized spacial score (nSPS) is 14.6. The fraction of sp³-hybridized carbons (Fsp3) is 0.678. The highest BCUT2D eigenvalue weighted by Crippen LogP contribution is 2.45. The Labute approximate surface area is 643 Å². The highest BCUT2D eigenvalue weighted by molar-refractivity contribution is 7.47. The predicted octanol–water partition coefficient (Wildman–Crippen LogP) is 24.2. The van der Waals surface area contributed by atoms with Crippen molar-refractivity contribution in [2.24, 2.45) is 0 Å². The van der Waals surface area contributed by atoms with Crippen LogP contribution in [0.25, 0.3) is 0 Å². The number of esters is 4. The van der Waals surface area contributed by atoms with E-state index in [4.69, 9.17) is 37.0 Å². The molecule has 0 amide bonds. The zero-order valence-electron chi connectivity index (χ0n) is 66.3. The van der Waals surface area contributed by atoms with Crippen LogP contribution in [0.3, 0.4) is 0 Å². The summed E-state index contributed by atoms with van der Waals surface area (Å²) in [5.74, 6) is -2.27. The summed E-state index contributed by atoms with van der Waals surface area (Å²) in [4.78, 5) is 73.1. The molecule has 0 saturated heterocycles. The Morgan fingerprint density at radius 1 is 0.274 bits per heavy atom. The van der Waals surface area contributed by atoms with Crippen LogP contribution in [-0.4, -0.2) is 96.7 Å². The van der Waals surface area contributed by atoms with Gasteiger partial charge in [0.05, 0.1) is 26.4 Å². The summed E-state index contributed by atoms with van der Waals surface area (Å²) < 4.78 is 68.7. The second-order valence-corrected chi connectivity index (χ2v) is 29.8.